The second-order valence-corrected chi connectivity index (χ2v) is 4.71. The second kappa shape index (κ2) is 8.82. The minimum absolute atomic E-state index is 0. The number of benzene rings is 1. The number of nitrogens with one attached hydrogen (secondary N) is 1. The molecule has 0 spiro atoms. The largest absolute Gasteiger partial charge is 0.494 e. The minimum atomic E-state index is -0.319. The summed E-state index contributed by atoms with van der Waals surface area (Å²) >= 11 is 0. The molecule has 0 aliphatic carbocycles. The summed E-state index contributed by atoms with van der Waals surface area (Å²) in [6.07, 6.45) is 1.68. The number of hydrogen-bond acceptors (Lipinski definition) is 3. The number of rotatable bonds is 7. The van der Waals surface area contributed by atoms with Crippen LogP contribution in [0.25, 0.3) is 0 Å². The molecule has 5 heteroatoms. The zero-order valence-electron chi connectivity index (χ0n) is 12.4. The van der Waals surface area contributed by atoms with Crippen LogP contribution in [0.3, 0.4) is 0 Å². The Morgan fingerprint density at radius 3 is 2.20 bits per heavy atom. The lowest BCUT2D eigenvalue weighted by Gasteiger charge is -2.26. The van der Waals surface area contributed by atoms with Gasteiger partial charge in [-0.1, -0.05) is 13.8 Å². The molecule has 0 radical (unpaired) electrons. The van der Waals surface area contributed by atoms with Crippen molar-refractivity contribution in [2.75, 3.05) is 13.2 Å². The van der Waals surface area contributed by atoms with Gasteiger partial charge in [-0.05, 0) is 44.0 Å². The highest BCUT2D eigenvalue weighted by Gasteiger charge is 2.21. The third kappa shape index (κ3) is 5.39. The van der Waals surface area contributed by atoms with Crippen LogP contribution in [0.1, 0.15) is 44.0 Å². The van der Waals surface area contributed by atoms with Gasteiger partial charge in [0, 0.05) is 17.6 Å². The summed E-state index contributed by atoms with van der Waals surface area (Å²) in [7, 11) is 0. The van der Waals surface area contributed by atoms with Crippen LogP contribution in [0, 0.1) is 0 Å². The van der Waals surface area contributed by atoms with Crippen LogP contribution in [-0.4, -0.2) is 24.6 Å². The molecular formula is C15H25ClN2O2. The monoisotopic (exact) mass is 300 g/mol. The fourth-order valence-electron chi connectivity index (χ4n) is 1.73. The van der Waals surface area contributed by atoms with Gasteiger partial charge < -0.3 is 15.8 Å². The van der Waals surface area contributed by atoms with E-state index in [4.69, 9.17) is 10.5 Å². The minimum Gasteiger partial charge on any atom is -0.494 e. The van der Waals surface area contributed by atoms with Crippen molar-refractivity contribution in [1.82, 2.24) is 5.32 Å². The first-order valence-corrected chi connectivity index (χ1v) is 6.84. The summed E-state index contributed by atoms with van der Waals surface area (Å²) in [6.45, 7) is 7.11. The molecule has 1 rings (SSSR count). The molecule has 3 N–H and O–H groups in total. The van der Waals surface area contributed by atoms with Crippen LogP contribution < -0.4 is 15.8 Å². The van der Waals surface area contributed by atoms with Crippen molar-refractivity contribution < 1.29 is 9.53 Å². The fourth-order valence-corrected chi connectivity index (χ4v) is 1.73. The van der Waals surface area contributed by atoms with Crippen LogP contribution in [-0.2, 0) is 0 Å². The maximum atomic E-state index is 12.0. The van der Waals surface area contributed by atoms with Crippen LogP contribution in [0.5, 0.6) is 5.75 Å². The zero-order valence-corrected chi connectivity index (χ0v) is 13.3. The number of hydrogen-bond donors (Lipinski definition) is 2. The normalized spacial score (nSPS) is 10.6. The molecule has 0 aliphatic heterocycles. The van der Waals surface area contributed by atoms with E-state index < -0.39 is 0 Å². The van der Waals surface area contributed by atoms with Gasteiger partial charge in [0.1, 0.15) is 5.75 Å². The molecule has 1 aromatic rings. The maximum absolute atomic E-state index is 12.0. The molecule has 1 amide bonds. The number of carbonyl (C=O) groups excluding carboxylic acids is 1. The molecule has 4 nitrogen and oxygen atoms in total. The van der Waals surface area contributed by atoms with Gasteiger partial charge in [-0.25, -0.2) is 0 Å². The molecule has 0 saturated carbocycles. The fraction of sp³-hybridized carbons (Fsp3) is 0.533. The molecule has 0 saturated heterocycles. The summed E-state index contributed by atoms with van der Waals surface area (Å²) in [5, 5.41) is 2.89. The van der Waals surface area contributed by atoms with E-state index in [9.17, 15) is 4.79 Å². The van der Waals surface area contributed by atoms with Crippen molar-refractivity contribution >= 4 is 18.3 Å². The average Bonchev–Trinajstić information content (AvgIpc) is 2.45. The average molecular weight is 301 g/mol. The van der Waals surface area contributed by atoms with E-state index in [1.54, 1.807) is 24.3 Å². The lowest BCUT2D eigenvalue weighted by Crippen LogP contribution is -2.49. The van der Waals surface area contributed by atoms with Gasteiger partial charge in [0.2, 0.25) is 0 Å². The number of halogens is 1. The van der Waals surface area contributed by atoms with E-state index in [1.165, 1.54) is 0 Å². The molecule has 0 unspecified atom stereocenters. The van der Waals surface area contributed by atoms with Gasteiger partial charge in [0.05, 0.1) is 6.61 Å². The Bertz CT molecular complexity index is 403. The van der Waals surface area contributed by atoms with Crippen LogP contribution in [0.15, 0.2) is 24.3 Å². The number of carbonyl (C=O) groups is 1. The number of nitrogens with two attached hydrogens (primary N) is 1. The molecular weight excluding hydrogens is 276 g/mol. The van der Waals surface area contributed by atoms with Crippen molar-refractivity contribution in [2.45, 2.75) is 39.2 Å². The molecule has 0 heterocycles. The predicted octanol–water partition coefficient (Wildman–Crippen LogP) is 2.75. The molecule has 1 aromatic carbocycles. The van der Waals surface area contributed by atoms with Gasteiger partial charge in [-0.3, -0.25) is 4.79 Å². The van der Waals surface area contributed by atoms with Crippen molar-refractivity contribution in [3.05, 3.63) is 29.8 Å². The van der Waals surface area contributed by atoms with E-state index in [1.807, 2.05) is 20.8 Å². The third-order valence-corrected chi connectivity index (χ3v) is 3.44. The summed E-state index contributed by atoms with van der Waals surface area (Å²) in [4.78, 5) is 12.0. The van der Waals surface area contributed by atoms with Gasteiger partial charge >= 0.3 is 0 Å². The van der Waals surface area contributed by atoms with Crippen molar-refractivity contribution in [1.29, 1.82) is 0 Å². The summed E-state index contributed by atoms with van der Waals surface area (Å²) < 4.78 is 5.34. The lowest BCUT2D eigenvalue weighted by molar-refractivity contribution is 0.0942. The summed E-state index contributed by atoms with van der Waals surface area (Å²) in [6, 6.07) is 7.12. The van der Waals surface area contributed by atoms with Crippen LogP contribution in [0.4, 0.5) is 0 Å². The van der Waals surface area contributed by atoms with Crippen molar-refractivity contribution in [2.24, 2.45) is 5.73 Å². The Labute approximate surface area is 127 Å². The molecule has 0 aliphatic rings. The van der Waals surface area contributed by atoms with Gasteiger partial charge in [-0.15, -0.1) is 12.4 Å². The third-order valence-electron chi connectivity index (χ3n) is 3.44. The molecule has 20 heavy (non-hydrogen) atoms. The van der Waals surface area contributed by atoms with Gasteiger partial charge in [-0.2, -0.15) is 0 Å². The second-order valence-electron chi connectivity index (χ2n) is 4.71. The Hall–Kier alpha value is -1.26. The Morgan fingerprint density at radius 1 is 1.20 bits per heavy atom. The van der Waals surface area contributed by atoms with Crippen molar-refractivity contribution in [3.63, 3.8) is 0 Å². The summed E-state index contributed by atoms with van der Waals surface area (Å²) in [5.41, 5.74) is 6.46. The lowest BCUT2D eigenvalue weighted by atomic mass is 9.94. The molecule has 114 valence electrons. The predicted molar refractivity (Wildman–Crippen MR) is 84.7 cm³/mol. The highest BCUT2D eigenvalue weighted by Crippen LogP contribution is 2.13. The van der Waals surface area contributed by atoms with E-state index in [2.05, 4.69) is 5.32 Å². The molecule has 0 aromatic heterocycles. The number of amides is 1. The summed E-state index contributed by atoms with van der Waals surface area (Å²) in [5.74, 6) is 0.675. The first-order chi connectivity index (χ1) is 9.04. The van der Waals surface area contributed by atoms with Gasteiger partial charge in [0.15, 0.2) is 0 Å². The first kappa shape index (κ1) is 18.7. The Balaban J connectivity index is 0.00000361. The molecule has 0 atom stereocenters. The number of ether oxygens (including phenoxy) is 1. The van der Waals surface area contributed by atoms with E-state index in [0.29, 0.717) is 18.7 Å². The zero-order chi connectivity index (χ0) is 14.3. The highest BCUT2D eigenvalue weighted by molar-refractivity contribution is 5.94. The van der Waals surface area contributed by atoms with Crippen molar-refractivity contribution in [3.8, 4) is 5.75 Å². The van der Waals surface area contributed by atoms with Crippen LogP contribution >= 0.6 is 12.4 Å². The van der Waals surface area contributed by atoms with E-state index >= 15 is 0 Å². The van der Waals surface area contributed by atoms with Gasteiger partial charge in [0.25, 0.3) is 5.91 Å². The maximum Gasteiger partial charge on any atom is 0.251 e. The smallest absolute Gasteiger partial charge is 0.251 e. The Morgan fingerprint density at radius 2 is 1.75 bits per heavy atom. The topological polar surface area (TPSA) is 64.3 Å². The first-order valence-electron chi connectivity index (χ1n) is 6.84. The molecule has 0 bridgehead atoms. The van der Waals surface area contributed by atoms with Crippen LogP contribution in [0.2, 0.25) is 0 Å². The standard InChI is InChI=1S/C15H24N2O2.ClH/c1-4-15(16,5-2)11-17-14(18)12-7-9-13(10-8-12)19-6-3;/h7-10H,4-6,11,16H2,1-3H3,(H,17,18);1H. The molecule has 0 fully saturated rings. The van der Waals surface area contributed by atoms with E-state index in [0.717, 1.165) is 18.6 Å². The quantitative estimate of drug-likeness (QED) is 0.814. The highest BCUT2D eigenvalue weighted by atomic mass is 35.5. The SMILES string of the molecule is CCOc1ccc(C(=O)NCC(N)(CC)CC)cc1.Cl. The van der Waals surface area contributed by atoms with E-state index in [-0.39, 0.29) is 23.9 Å². The Kier molecular flexibility index (Phi) is 8.26.